The monoisotopic (exact) mass is 307 g/mol. The zero-order chi connectivity index (χ0) is 16.5. The van der Waals surface area contributed by atoms with Crippen molar-refractivity contribution in [1.82, 2.24) is 5.32 Å². The van der Waals surface area contributed by atoms with Crippen LogP contribution >= 0.6 is 0 Å². The molecule has 1 N–H and O–H groups in total. The van der Waals surface area contributed by atoms with Gasteiger partial charge >= 0.3 is 0 Å². The smallest absolute Gasteiger partial charge is 0.220 e. The molecule has 0 fully saturated rings. The number of nitrogens with one attached hydrogen (secondary N) is 1. The van der Waals surface area contributed by atoms with E-state index in [4.69, 9.17) is 9.47 Å². The number of hydrogen-bond donors (Lipinski definition) is 1. The summed E-state index contributed by atoms with van der Waals surface area (Å²) in [6, 6.07) is 6.04. The van der Waals surface area contributed by atoms with E-state index in [0.717, 1.165) is 30.9 Å². The first-order chi connectivity index (χ1) is 10.5. The van der Waals surface area contributed by atoms with Gasteiger partial charge in [-0.1, -0.05) is 26.8 Å². The lowest BCUT2D eigenvalue weighted by Gasteiger charge is -2.15. The van der Waals surface area contributed by atoms with E-state index < -0.39 is 0 Å². The van der Waals surface area contributed by atoms with Gasteiger partial charge in [-0.25, -0.2) is 0 Å². The summed E-state index contributed by atoms with van der Waals surface area (Å²) in [6.07, 6.45) is 2.60. The van der Waals surface area contributed by atoms with E-state index in [-0.39, 0.29) is 5.91 Å². The highest BCUT2D eigenvalue weighted by Gasteiger charge is 2.10. The fraction of sp³-hybridized carbons (Fsp3) is 0.611. The first-order valence-corrected chi connectivity index (χ1v) is 7.96. The normalized spacial score (nSPS) is 12.1. The molecule has 4 heteroatoms. The molecule has 0 saturated carbocycles. The van der Waals surface area contributed by atoms with Crippen molar-refractivity contribution in [2.24, 2.45) is 5.92 Å². The SMILES string of the molecule is COc1ccc([C@H](C)CCCNC(=O)CC(C)C)cc1OC. The molecule has 0 heterocycles. The number of benzene rings is 1. The third-order valence-corrected chi connectivity index (χ3v) is 3.71. The third kappa shape index (κ3) is 5.96. The van der Waals surface area contributed by atoms with Gasteiger partial charge in [0.1, 0.15) is 0 Å². The van der Waals surface area contributed by atoms with Gasteiger partial charge in [-0.15, -0.1) is 0 Å². The summed E-state index contributed by atoms with van der Waals surface area (Å²) in [7, 11) is 3.29. The molecule has 124 valence electrons. The predicted molar refractivity (Wildman–Crippen MR) is 89.7 cm³/mol. The summed E-state index contributed by atoms with van der Waals surface area (Å²) in [5, 5.41) is 2.98. The average molecular weight is 307 g/mol. The van der Waals surface area contributed by atoms with Gasteiger partial charge in [0.2, 0.25) is 5.91 Å². The summed E-state index contributed by atoms with van der Waals surface area (Å²) in [6.45, 7) is 7.04. The van der Waals surface area contributed by atoms with Crippen LogP contribution in [0.4, 0.5) is 0 Å². The van der Waals surface area contributed by atoms with Gasteiger partial charge in [0.05, 0.1) is 14.2 Å². The molecule has 1 amide bonds. The molecule has 0 aliphatic rings. The molecule has 0 spiro atoms. The van der Waals surface area contributed by atoms with Crippen LogP contribution in [0.15, 0.2) is 18.2 Å². The molecule has 0 saturated heterocycles. The summed E-state index contributed by atoms with van der Waals surface area (Å²) < 4.78 is 10.6. The molecule has 0 bridgehead atoms. The Labute approximate surface area is 134 Å². The van der Waals surface area contributed by atoms with Crippen molar-refractivity contribution in [1.29, 1.82) is 0 Å². The van der Waals surface area contributed by atoms with Crippen LogP contribution in [0, 0.1) is 5.92 Å². The van der Waals surface area contributed by atoms with Gasteiger partial charge in [0, 0.05) is 13.0 Å². The molecule has 1 aromatic rings. The Hall–Kier alpha value is -1.71. The Morgan fingerprint density at radius 2 is 1.82 bits per heavy atom. The minimum atomic E-state index is 0.147. The van der Waals surface area contributed by atoms with Crippen molar-refractivity contribution in [3.63, 3.8) is 0 Å². The molecule has 22 heavy (non-hydrogen) atoms. The van der Waals surface area contributed by atoms with E-state index in [1.807, 2.05) is 12.1 Å². The van der Waals surface area contributed by atoms with Gasteiger partial charge in [0.25, 0.3) is 0 Å². The Bertz CT molecular complexity index is 471. The van der Waals surface area contributed by atoms with E-state index in [0.29, 0.717) is 18.3 Å². The minimum Gasteiger partial charge on any atom is -0.493 e. The Balaban J connectivity index is 2.42. The van der Waals surface area contributed by atoms with Crippen molar-refractivity contribution in [3.05, 3.63) is 23.8 Å². The molecule has 1 atom stereocenters. The Kier molecular flexibility index (Phi) is 7.78. The maximum atomic E-state index is 11.6. The molecule has 4 nitrogen and oxygen atoms in total. The molecule has 0 aromatic heterocycles. The molecular formula is C18H29NO3. The summed E-state index contributed by atoms with van der Waals surface area (Å²) >= 11 is 0. The standard InChI is InChI=1S/C18H29NO3/c1-13(2)11-18(20)19-10-6-7-14(3)15-8-9-16(21-4)17(12-15)22-5/h8-9,12-14H,6-7,10-11H2,1-5H3,(H,19,20)/t14-/m1/s1. The van der Waals surface area contributed by atoms with Crippen molar-refractivity contribution in [2.75, 3.05) is 20.8 Å². The molecule has 0 aliphatic heterocycles. The average Bonchev–Trinajstić information content (AvgIpc) is 2.49. The van der Waals surface area contributed by atoms with Crippen LogP contribution < -0.4 is 14.8 Å². The number of carbonyl (C=O) groups is 1. The highest BCUT2D eigenvalue weighted by Crippen LogP contribution is 2.31. The van der Waals surface area contributed by atoms with Crippen molar-refractivity contribution in [3.8, 4) is 11.5 Å². The lowest BCUT2D eigenvalue weighted by atomic mass is 9.96. The van der Waals surface area contributed by atoms with Crippen LogP contribution in [-0.4, -0.2) is 26.7 Å². The molecule has 1 rings (SSSR count). The highest BCUT2D eigenvalue weighted by atomic mass is 16.5. The molecule has 1 aromatic carbocycles. The second-order valence-corrected chi connectivity index (χ2v) is 6.11. The largest absolute Gasteiger partial charge is 0.493 e. The lowest BCUT2D eigenvalue weighted by Crippen LogP contribution is -2.25. The zero-order valence-corrected chi connectivity index (χ0v) is 14.4. The lowest BCUT2D eigenvalue weighted by molar-refractivity contribution is -0.121. The minimum absolute atomic E-state index is 0.147. The van der Waals surface area contributed by atoms with Gasteiger partial charge in [-0.2, -0.15) is 0 Å². The number of rotatable bonds is 9. The van der Waals surface area contributed by atoms with Crippen LogP contribution in [0.25, 0.3) is 0 Å². The summed E-state index contributed by atoms with van der Waals surface area (Å²) in [5.41, 5.74) is 1.23. The number of amides is 1. The highest BCUT2D eigenvalue weighted by molar-refractivity contribution is 5.75. The maximum absolute atomic E-state index is 11.6. The molecule has 0 unspecified atom stereocenters. The quantitative estimate of drug-likeness (QED) is 0.707. The predicted octanol–water partition coefficient (Wildman–Crippen LogP) is 3.75. The summed E-state index contributed by atoms with van der Waals surface area (Å²) in [5.74, 6) is 2.48. The topological polar surface area (TPSA) is 47.6 Å². The van der Waals surface area contributed by atoms with Crippen LogP contribution in [0.2, 0.25) is 0 Å². The van der Waals surface area contributed by atoms with Crippen LogP contribution in [0.5, 0.6) is 11.5 Å². The molecular weight excluding hydrogens is 278 g/mol. The Morgan fingerprint density at radius 1 is 1.14 bits per heavy atom. The van der Waals surface area contributed by atoms with Crippen LogP contribution in [-0.2, 0) is 4.79 Å². The maximum Gasteiger partial charge on any atom is 0.220 e. The van der Waals surface area contributed by atoms with E-state index >= 15 is 0 Å². The fourth-order valence-electron chi connectivity index (χ4n) is 2.41. The van der Waals surface area contributed by atoms with Crippen molar-refractivity contribution >= 4 is 5.91 Å². The van der Waals surface area contributed by atoms with E-state index in [2.05, 4.69) is 32.2 Å². The van der Waals surface area contributed by atoms with Crippen LogP contribution in [0.3, 0.4) is 0 Å². The van der Waals surface area contributed by atoms with E-state index in [9.17, 15) is 4.79 Å². The second kappa shape index (κ2) is 9.34. The fourth-order valence-corrected chi connectivity index (χ4v) is 2.41. The Morgan fingerprint density at radius 3 is 2.41 bits per heavy atom. The number of methoxy groups -OCH3 is 2. The first-order valence-electron chi connectivity index (χ1n) is 7.96. The number of carbonyl (C=O) groups excluding carboxylic acids is 1. The van der Waals surface area contributed by atoms with Crippen LogP contribution in [0.1, 0.15) is 51.5 Å². The molecule has 0 aliphatic carbocycles. The van der Waals surface area contributed by atoms with Crippen molar-refractivity contribution < 1.29 is 14.3 Å². The van der Waals surface area contributed by atoms with E-state index in [1.54, 1.807) is 14.2 Å². The van der Waals surface area contributed by atoms with Gasteiger partial charge in [0.15, 0.2) is 11.5 Å². The van der Waals surface area contributed by atoms with Gasteiger partial charge in [-0.3, -0.25) is 4.79 Å². The third-order valence-electron chi connectivity index (χ3n) is 3.71. The van der Waals surface area contributed by atoms with Gasteiger partial charge < -0.3 is 14.8 Å². The van der Waals surface area contributed by atoms with Crippen molar-refractivity contribution in [2.45, 2.75) is 46.0 Å². The van der Waals surface area contributed by atoms with Gasteiger partial charge in [-0.05, 0) is 42.4 Å². The summed E-state index contributed by atoms with van der Waals surface area (Å²) in [4.78, 5) is 11.6. The zero-order valence-electron chi connectivity index (χ0n) is 14.4. The second-order valence-electron chi connectivity index (χ2n) is 6.11. The number of ether oxygens (including phenoxy) is 2. The number of hydrogen-bond acceptors (Lipinski definition) is 3. The van der Waals surface area contributed by atoms with E-state index in [1.165, 1.54) is 5.56 Å². The molecule has 0 radical (unpaired) electrons. The first kappa shape index (κ1) is 18.3.